The topological polar surface area (TPSA) is 94.2 Å². The third-order valence-electron chi connectivity index (χ3n) is 5.35. The highest BCUT2D eigenvalue weighted by atomic mass is 32.2. The van der Waals surface area contributed by atoms with E-state index in [1.807, 2.05) is 19.9 Å². The summed E-state index contributed by atoms with van der Waals surface area (Å²) < 4.78 is 44.8. The lowest BCUT2D eigenvalue weighted by atomic mass is 10.1. The number of carbonyl (C=O) groups excluding carboxylic acids is 1. The van der Waals surface area contributed by atoms with Crippen molar-refractivity contribution in [2.45, 2.75) is 25.7 Å². The molecule has 9 heteroatoms. The van der Waals surface area contributed by atoms with Gasteiger partial charge in [-0.05, 0) is 73.9 Å². The third-order valence-corrected chi connectivity index (χ3v) is 7.15. The van der Waals surface area contributed by atoms with Crippen molar-refractivity contribution in [2.24, 2.45) is 0 Å². The minimum Gasteiger partial charge on any atom is -0.497 e. The zero-order valence-corrected chi connectivity index (χ0v) is 21.5. The molecule has 1 N–H and O–H groups in total. The Balaban J connectivity index is 2.05. The Morgan fingerprint density at radius 3 is 2.06 bits per heavy atom. The molecule has 0 atom stereocenters. The molecule has 0 fully saturated rings. The maximum absolute atomic E-state index is 13.9. The first kappa shape index (κ1) is 25.9. The van der Waals surface area contributed by atoms with Gasteiger partial charge in [0, 0.05) is 6.07 Å². The highest BCUT2D eigenvalue weighted by Crippen LogP contribution is 2.33. The summed E-state index contributed by atoms with van der Waals surface area (Å²) in [6.07, 6.45) is 0. The summed E-state index contributed by atoms with van der Waals surface area (Å²) in [4.78, 5) is 13.1. The molecule has 0 spiro atoms. The van der Waals surface area contributed by atoms with Crippen LogP contribution in [-0.4, -0.2) is 42.2 Å². The lowest BCUT2D eigenvalue weighted by Gasteiger charge is -2.26. The summed E-state index contributed by atoms with van der Waals surface area (Å²) in [6, 6.07) is 15.2. The minimum absolute atomic E-state index is 0.0195. The van der Waals surface area contributed by atoms with Gasteiger partial charge in [0.05, 0.1) is 32.7 Å². The molecular weight excluding hydrogens is 468 g/mol. The monoisotopic (exact) mass is 498 g/mol. The molecule has 35 heavy (non-hydrogen) atoms. The van der Waals surface area contributed by atoms with Crippen LogP contribution in [0, 0.1) is 20.8 Å². The highest BCUT2D eigenvalue weighted by molar-refractivity contribution is 7.93. The van der Waals surface area contributed by atoms with Crippen molar-refractivity contribution in [3.8, 4) is 17.2 Å². The summed E-state index contributed by atoms with van der Waals surface area (Å²) in [6.45, 7) is 5.08. The first-order valence-electron chi connectivity index (χ1n) is 10.9. The second kappa shape index (κ2) is 10.7. The van der Waals surface area contributed by atoms with Crippen LogP contribution in [0.4, 0.5) is 11.4 Å². The fourth-order valence-electron chi connectivity index (χ4n) is 3.74. The number of aryl methyl sites for hydroxylation is 3. The number of hydrogen-bond acceptors (Lipinski definition) is 6. The lowest BCUT2D eigenvalue weighted by molar-refractivity contribution is -0.114. The Morgan fingerprint density at radius 1 is 0.800 bits per heavy atom. The van der Waals surface area contributed by atoms with Crippen molar-refractivity contribution in [3.05, 3.63) is 71.3 Å². The van der Waals surface area contributed by atoms with Crippen LogP contribution in [-0.2, 0) is 14.8 Å². The van der Waals surface area contributed by atoms with Crippen molar-refractivity contribution in [1.82, 2.24) is 0 Å². The van der Waals surface area contributed by atoms with Gasteiger partial charge in [0.15, 0.2) is 0 Å². The van der Waals surface area contributed by atoms with E-state index in [-0.39, 0.29) is 10.6 Å². The number of rotatable bonds is 9. The Bertz CT molecular complexity index is 1320. The van der Waals surface area contributed by atoms with Gasteiger partial charge in [0.1, 0.15) is 28.7 Å². The summed E-state index contributed by atoms with van der Waals surface area (Å²) in [7, 11) is 0.240. The maximum Gasteiger partial charge on any atom is 0.268 e. The van der Waals surface area contributed by atoms with Crippen LogP contribution in [0.3, 0.4) is 0 Å². The zero-order valence-electron chi connectivity index (χ0n) is 20.7. The van der Waals surface area contributed by atoms with E-state index in [1.54, 1.807) is 49.4 Å². The van der Waals surface area contributed by atoms with Gasteiger partial charge in [-0.3, -0.25) is 9.10 Å². The molecule has 1 amide bonds. The number of amides is 1. The van der Waals surface area contributed by atoms with E-state index in [0.717, 1.165) is 21.0 Å². The molecule has 0 radical (unpaired) electrons. The largest absolute Gasteiger partial charge is 0.497 e. The molecule has 0 bridgehead atoms. The van der Waals surface area contributed by atoms with Crippen LogP contribution < -0.4 is 23.8 Å². The smallest absolute Gasteiger partial charge is 0.268 e. The van der Waals surface area contributed by atoms with Gasteiger partial charge in [0.2, 0.25) is 5.91 Å². The van der Waals surface area contributed by atoms with Crippen LogP contribution in [0.5, 0.6) is 17.2 Å². The molecule has 3 rings (SSSR count). The maximum atomic E-state index is 13.9. The third kappa shape index (κ3) is 5.86. The van der Waals surface area contributed by atoms with Gasteiger partial charge < -0.3 is 19.5 Å². The number of hydrogen-bond donors (Lipinski definition) is 1. The van der Waals surface area contributed by atoms with E-state index in [1.165, 1.54) is 27.4 Å². The molecule has 3 aromatic rings. The first-order valence-corrected chi connectivity index (χ1v) is 12.3. The molecule has 0 aromatic heterocycles. The normalized spacial score (nSPS) is 11.0. The second-order valence-electron chi connectivity index (χ2n) is 8.13. The number of methoxy groups -OCH3 is 3. The molecule has 0 unspecified atom stereocenters. The summed E-state index contributed by atoms with van der Waals surface area (Å²) in [5.74, 6) is 0.606. The van der Waals surface area contributed by atoms with Crippen LogP contribution in [0.2, 0.25) is 0 Å². The van der Waals surface area contributed by atoms with Crippen LogP contribution in [0.1, 0.15) is 16.7 Å². The fourth-order valence-corrected chi connectivity index (χ4v) is 5.38. The van der Waals surface area contributed by atoms with Gasteiger partial charge >= 0.3 is 0 Å². The summed E-state index contributed by atoms with van der Waals surface area (Å²) in [5.41, 5.74) is 3.26. The average Bonchev–Trinajstić information content (AvgIpc) is 2.82. The number of benzene rings is 3. The lowest BCUT2D eigenvalue weighted by Crippen LogP contribution is -2.38. The number of ether oxygens (including phenoxy) is 3. The predicted molar refractivity (Wildman–Crippen MR) is 136 cm³/mol. The Hall–Kier alpha value is -3.72. The van der Waals surface area contributed by atoms with Gasteiger partial charge in [-0.2, -0.15) is 0 Å². The number of nitrogens with zero attached hydrogens (tertiary/aromatic N) is 1. The first-order chi connectivity index (χ1) is 16.6. The van der Waals surface area contributed by atoms with E-state index in [0.29, 0.717) is 22.9 Å². The average molecular weight is 499 g/mol. The highest BCUT2D eigenvalue weighted by Gasteiger charge is 2.30. The fraction of sp³-hybridized carbons (Fsp3) is 0.269. The predicted octanol–water partition coefficient (Wildman–Crippen LogP) is 4.47. The molecule has 3 aromatic carbocycles. The van der Waals surface area contributed by atoms with Crippen molar-refractivity contribution in [1.29, 1.82) is 0 Å². The van der Waals surface area contributed by atoms with Crippen LogP contribution in [0.15, 0.2) is 59.5 Å². The van der Waals surface area contributed by atoms with E-state index in [9.17, 15) is 13.2 Å². The SMILES string of the molecule is COc1ccc(NC(=O)CN(c2cc(C)cc(C)c2)S(=O)(=O)c2cc(C)ccc2OC)c(OC)c1. The van der Waals surface area contributed by atoms with Crippen LogP contribution in [0.25, 0.3) is 0 Å². The number of nitrogens with one attached hydrogen (secondary N) is 1. The standard InChI is InChI=1S/C26H30N2O6S/c1-17-7-10-23(33-5)25(14-17)35(30,31)28(20-12-18(2)11-19(3)13-20)16-26(29)27-22-9-8-21(32-4)15-24(22)34-6/h7-15H,16H2,1-6H3,(H,27,29). The zero-order chi connectivity index (χ0) is 25.8. The molecular formula is C26H30N2O6S. The minimum atomic E-state index is -4.17. The van der Waals surface area contributed by atoms with Crippen molar-refractivity contribution in [3.63, 3.8) is 0 Å². The van der Waals surface area contributed by atoms with E-state index >= 15 is 0 Å². The molecule has 8 nitrogen and oxygen atoms in total. The molecule has 0 heterocycles. The quantitative estimate of drug-likeness (QED) is 0.468. The van der Waals surface area contributed by atoms with E-state index in [4.69, 9.17) is 14.2 Å². The molecule has 0 aliphatic rings. The second-order valence-corrected chi connectivity index (χ2v) is 9.96. The van der Waals surface area contributed by atoms with Gasteiger partial charge in [-0.25, -0.2) is 8.42 Å². The van der Waals surface area contributed by atoms with E-state index < -0.39 is 22.5 Å². The Labute approximate surface area is 206 Å². The number of carbonyl (C=O) groups is 1. The molecule has 186 valence electrons. The van der Waals surface area contributed by atoms with Crippen LogP contribution >= 0.6 is 0 Å². The molecule has 0 saturated heterocycles. The Morgan fingerprint density at radius 2 is 1.46 bits per heavy atom. The Kier molecular flexibility index (Phi) is 7.91. The molecule has 0 saturated carbocycles. The van der Waals surface area contributed by atoms with Crippen molar-refractivity contribution < 1.29 is 27.4 Å². The summed E-state index contributed by atoms with van der Waals surface area (Å²) in [5, 5.41) is 2.75. The molecule has 0 aliphatic carbocycles. The van der Waals surface area contributed by atoms with Gasteiger partial charge in [-0.15, -0.1) is 0 Å². The van der Waals surface area contributed by atoms with Crippen molar-refractivity contribution >= 4 is 27.3 Å². The van der Waals surface area contributed by atoms with Gasteiger partial charge in [-0.1, -0.05) is 12.1 Å². The molecule has 0 aliphatic heterocycles. The van der Waals surface area contributed by atoms with E-state index in [2.05, 4.69) is 5.32 Å². The summed E-state index contributed by atoms with van der Waals surface area (Å²) >= 11 is 0. The van der Waals surface area contributed by atoms with Gasteiger partial charge in [0.25, 0.3) is 10.0 Å². The number of anilines is 2. The van der Waals surface area contributed by atoms with Crippen molar-refractivity contribution in [2.75, 3.05) is 37.5 Å². The number of sulfonamides is 1.